The van der Waals surface area contributed by atoms with Gasteiger partial charge in [-0.1, -0.05) is 127 Å². The van der Waals surface area contributed by atoms with Gasteiger partial charge in [0.2, 0.25) is 0 Å². The van der Waals surface area contributed by atoms with Gasteiger partial charge in [0.1, 0.15) is 0 Å². The minimum Gasteiger partial charge on any atom is -0.311 e. The van der Waals surface area contributed by atoms with Gasteiger partial charge < -0.3 is 9.47 Å². The Kier molecular flexibility index (Phi) is 9.79. The molecule has 0 atom stereocenters. The van der Waals surface area contributed by atoms with Crippen molar-refractivity contribution >= 4 is 56.2 Å². The molecule has 1 aliphatic heterocycles. The number of hydrogen-bond donors (Lipinski definition) is 0. The van der Waals surface area contributed by atoms with Crippen LogP contribution in [0.1, 0.15) is 30.4 Å². The first-order valence-electron chi connectivity index (χ1n) is 21.6. The number of aromatic nitrogens is 2. The lowest BCUT2D eigenvalue weighted by molar-refractivity contribution is 1.02. The second kappa shape index (κ2) is 16.3. The molecule has 0 saturated carbocycles. The maximum atomic E-state index is 4.61. The summed E-state index contributed by atoms with van der Waals surface area (Å²) in [6.45, 7) is 0.831. The highest BCUT2D eigenvalue weighted by Crippen LogP contribution is 2.45. The molecule has 11 rings (SSSR count). The lowest BCUT2D eigenvalue weighted by atomic mass is 9.91. The van der Waals surface area contributed by atoms with E-state index in [0.29, 0.717) is 0 Å². The first kappa shape index (κ1) is 37.2. The predicted molar refractivity (Wildman–Crippen MR) is 262 cm³/mol. The monoisotopic (exact) mass is 796 g/mol. The van der Waals surface area contributed by atoms with Crippen molar-refractivity contribution in [3.8, 4) is 39.2 Å². The van der Waals surface area contributed by atoms with E-state index in [9.17, 15) is 0 Å². The summed E-state index contributed by atoms with van der Waals surface area (Å²) in [6.07, 6.45) is 16.0. The Hall–Kier alpha value is -7.82. The predicted octanol–water partition coefficient (Wildman–Crippen LogP) is 15.2. The summed E-state index contributed by atoms with van der Waals surface area (Å²) in [4.78, 5) is 11.4. The normalized spacial score (nSPS) is 13.6. The number of benzene rings is 7. The van der Waals surface area contributed by atoms with Crippen LogP contribution in [0.25, 0.3) is 72.2 Å². The molecule has 0 unspecified atom stereocenters. The molecule has 0 bridgehead atoms. The van der Waals surface area contributed by atoms with Crippen molar-refractivity contribution in [1.82, 2.24) is 9.55 Å². The Morgan fingerprint density at radius 1 is 0.532 bits per heavy atom. The van der Waals surface area contributed by atoms with E-state index in [1.165, 1.54) is 66.3 Å². The highest BCUT2D eigenvalue weighted by atomic mass is 15.1. The number of nitrogens with zero attached hydrogens (tertiary/aromatic N) is 4. The van der Waals surface area contributed by atoms with Crippen molar-refractivity contribution in [2.45, 2.75) is 19.3 Å². The van der Waals surface area contributed by atoms with Gasteiger partial charge in [-0.2, -0.15) is 0 Å². The Labute approximate surface area is 362 Å². The third-order valence-corrected chi connectivity index (χ3v) is 12.2. The maximum Gasteiger partial charge on any atom is 0.0701 e. The number of anilines is 3. The van der Waals surface area contributed by atoms with Crippen LogP contribution in [0.2, 0.25) is 0 Å². The van der Waals surface area contributed by atoms with Gasteiger partial charge in [-0.05, 0) is 137 Å². The zero-order valence-corrected chi connectivity index (χ0v) is 34.4. The van der Waals surface area contributed by atoms with Crippen LogP contribution in [0.4, 0.5) is 17.1 Å². The molecule has 0 saturated heterocycles. The van der Waals surface area contributed by atoms with Crippen molar-refractivity contribution in [2.24, 2.45) is 4.99 Å². The summed E-state index contributed by atoms with van der Waals surface area (Å²) in [7, 11) is 0. The summed E-state index contributed by atoms with van der Waals surface area (Å²) < 4.78 is 2.49. The van der Waals surface area contributed by atoms with E-state index >= 15 is 0 Å². The number of hydrogen-bond acceptors (Lipinski definition) is 3. The molecule has 296 valence electrons. The van der Waals surface area contributed by atoms with E-state index in [1.54, 1.807) is 0 Å². The van der Waals surface area contributed by atoms with Crippen LogP contribution in [0.15, 0.2) is 217 Å². The average molecular weight is 797 g/mol. The molecule has 2 aromatic heterocycles. The van der Waals surface area contributed by atoms with Crippen LogP contribution in [-0.2, 0) is 0 Å². The summed E-state index contributed by atoms with van der Waals surface area (Å²) >= 11 is 0. The van der Waals surface area contributed by atoms with Gasteiger partial charge in [-0.25, -0.2) is 0 Å². The molecule has 0 N–H and O–H groups in total. The number of pyridine rings is 1. The second-order valence-corrected chi connectivity index (χ2v) is 16.0. The third-order valence-electron chi connectivity index (χ3n) is 12.2. The summed E-state index contributed by atoms with van der Waals surface area (Å²) in [5.74, 6) is 0. The minimum absolute atomic E-state index is 0.831. The number of rotatable bonds is 9. The zero-order valence-electron chi connectivity index (χ0n) is 34.4. The van der Waals surface area contributed by atoms with Crippen LogP contribution < -0.4 is 4.90 Å². The van der Waals surface area contributed by atoms with Crippen molar-refractivity contribution in [3.05, 3.63) is 224 Å². The maximum absolute atomic E-state index is 4.61. The lowest BCUT2D eigenvalue weighted by Crippen LogP contribution is -2.10. The van der Waals surface area contributed by atoms with Crippen LogP contribution >= 0.6 is 0 Å². The fourth-order valence-corrected chi connectivity index (χ4v) is 9.19. The molecule has 3 heterocycles. The Morgan fingerprint density at radius 3 is 1.85 bits per heavy atom. The summed E-state index contributed by atoms with van der Waals surface area (Å²) in [5.41, 5.74) is 18.7. The SMILES string of the molecule is C1=CC(c2ccc(-c3ccccc3)c3c2c2cc(-c4ccccc4)ccc2n3-c2ccc(N(c3ccc(C4=CC=NCC4)cc3)c3ccc(-c4ccccn4)cc3)cc2)=CCC1. The lowest BCUT2D eigenvalue weighted by Gasteiger charge is -2.26. The van der Waals surface area contributed by atoms with Crippen molar-refractivity contribution in [2.75, 3.05) is 11.4 Å². The average Bonchev–Trinajstić information content (AvgIpc) is 3.70. The molecule has 7 aromatic carbocycles. The molecule has 0 radical (unpaired) electrons. The Morgan fingerprint density at radius 2 is 1.19 bits per heavy atom. The van der Waals surface area contributed by atoms with Gasteiger partial charge in [-0.15, -0.1) is 0 Å². The molecule has 9 aromatic rings. The topological polar surface area (TPSA) is 33.4 Å². The van der Waals surface area contributed by atoms with E-state index in [1.807, 2.05) is 24.5 Å². The number of dihydropyridines is 1. The van der Waals surface area contributed by atoms with Gasteiger partial charge in [0.15, 0.2) is 0 Å². The van der Waals surface area contributed by atoms with E-state index < -0.39 is 0 Å². The molecule has 4 nitrogen and oxygen atoms in total. The van der Waals surface area contributed by atoms with Gasteiger partial charge in [0.25, 0.3) is 0 Å². The van der Waals surface area contributed by atoms with E-state index in [2.05, 4.69) is 214 Å². The van der Waals surface area contributed by atoms with Gasteiger partial charge >= 0.3 is 0 Å². The van der Waals surface area contributed by atoms with Crippen LogP contribution in [-0.4, -0.2) is 22.3 Å². The van der Waals surface area contributed by atoms with Crippen molar-refractivity contribution in [3.63, 3.8) is 0 Å². The number of allylic oxidation sites excluding steroid dienone is 5. The largest absolute Gasteiger partial charge is 0.311 e. The third kappa shape index (κ3) is 6.96. The Bertz CT molecular complexity index is 3170. The second-order valence-electron chi connectivity index (χ2n) is 16.0. The van der Waals surface area contributed by atoms with Crippen molar-refractivity contribution in [1.29, 1.82) is 0 Å². The highest BCUT2D eigenvalue weighted by Gasteiger charge is 2.22. The number of fused-ring (bicyclic) bond motifs is 3. The highest BCUT2D eigenvalue weighted by molar-refractivity contribution is 6.19. The molecular weight excluding hydrogens is 753 g/mol. The Balaban J connectivity index is 1.09. The fraction of sp³-hybridized carbons (Fsp3) is 0.0690. The van der Waals surface area contributed by atoms with Gasteiger partial charge in [0, 0.05) is 63.6 Å². The van der Waals surface area contributed by atoms with Crippen LogP contribution in [0, 0.1) is 0 Å². The van der Waals surface area contributed by atoms with Gasteiger partial charge in [0.05, 0.1) is 16.7 Å². The van der Waals surface area contributed by atoms with Crippen LogP contribution in [0.5, 0.6) is 0 Å². The fourth-order valence-electron chi connectivity index (χ4n) is 9.19. The van der Waals surface area contributed by atoms with E-state index in [4.69, 9.17) is 0 Å². The molecular formula is C58H44N4. The molecule has 0 spiro atoms. The van der Waals surface area contributed by atoms with Crippen LogP contribution in [0.3, 0.4) is 0 Å². The van der Waals surface area contributed by atoms with E-state index in [-0.39, 0.29) is 0 Å². The quantitative estimate of drug-likeness (QED) is 0.146. The summed E-state index contributed by atoms with van der Waals surface area (Å²) in [6, 6.07) is 66.1. The van der Waals surface area contributed by atoms with Gasteiger partial charge in [-0.3, -0.25) is 9.98 Å². The smallest absolute Gasteiger partial charge is 0.0701 e. The van der Waals surface area contributed by atoms with Crippen molar-refractivity contribution < 1.29 is 0 Å². The summed E-state index contributed by atoms with van der Waals surface area (Å²) in [5, 5.41) is 2.52. The zero-order chi connectivity index (χ0) is 41.2. The molecule has 1 aliphatic carbocycles. The molecule has 4 heteroatoms. The molecule has 0 fully saturated rings. The molecule has 2 aliphatic rings. The standard InChI is InChI=1S/C58H44N4/c1-4-12-41(13-5-1)47-23-34-56-54(40-47)57-52(44-14-6-2-7-15-44)32-33-53(45-16-8-3-9-17-45)58(57)62(56)51-30-28-50(29-31-51)61(48-24-19-42(20-25-48)43-35-38-59-39-36-43)49-26-21-46(22-27-49)55-18-10-11-37-60-55/h1,3-6,8-35,37-38,40H,2,7,36,39H2. The minimum atomic E-state index is 0.831. The first-order valence-corrected chi connectivity index (χ1v) is 21.6. The molecule has 0 amide bonds. The first-order chi connectivity index (χ1) is 30.8. The molecule has 62 heavy (non-hydrogen) atoms. The van der Waals surface area contributed by atoms with E-state index in [0.717, 1.165) is 59.8 Å². The number of aliphatic imine (C=N–C) groups is 1.